The molecule has 0 saturated heterocycles. The van der Waals surface area contributed by atoms with Crippen LogP contribution in [0.2, 0.25) is 0 Å². The van der Waals surface area contributed by atoms with E-state index in [4.69, 9.17) is 4.42 Å². The first kappa shape index (κ1) is 24.7. The van der Waals surface area contributed by atoms with Crippen LogP contribution in [0.15, 0.2) is 186 Å². The third kappa shape index (κ3) is 4.40. The molecule has 49 heavy (non-hydrogen) atoms. The fraction of sp³-hybridized carbons (Fsp3) is 0. The lowest BCUT2D eigenvalue weighted by molar-refractivity contribution is 0.673. The molecule has 0 bridgehead atoms. The minimum absolute atomic E-state index is 0.179. The van der Waals surface area contributed by atoms with Crippen LogP contribution >= 0.6 is 0 Å². The molecule has 0 atom stereocenters. The van der Waals surface area contributed by atoms with Gasteiger partial charge < -0.3 is 4.42 Å². The summed E-state index contributed by atoms with van der Waals surface area (Å²) >= 11 is 0. The first-order chi connectivity index (χ1) is 25.6. The maximum Gasteiger partial charge on any atom is 0.143 e. The van der Waals surface area contributed by atoms with Gasteiger partial charge in [0.2, 0.25) is 0 Å². The van der Waals surface area contributed by atoms with Gasteiger partial charge in [0.05, 0.1) is 4.11 Å². The van der Waals surface area contributed by atoms with Crippen LogP contribution in [0.4, 0.5) is 0 Å². The summed E-state index contributed by atoms with van der Waals surface area (Å²) < 4.78 is 35.7. The van der Waals surface area contributed by atoms with Crippen molar-refractivity contribution in [3.63, 3.8) is 0 Å². The van der Waals surface area contributed by atoms with E-state index in [1.54, 1.807) is 0 Å². The predicted molar refractivity (Wildman–Crippen MR) is 208 cm³/mol. The van der Waals surface area contributed by atoms with Gasteiger partial charge in [0, 0.05) is 16.2 Å². The summed E-state index contributed by atoms with van der Waals surface area (Å²) in [4.78, 5) is 0. The zero-order chi connectivity index (χ0) is 34.9. The molecule has 0 N–H and O–H groups in total. The molecule has 0 amide bonds. The maximum atomic E-state index is 9.82. The van der Waals surface area contributed by atoms with E-state index in [-0.39, 0.29) is 18.1 Å². The predicted octanol–water partition coefficient (Wildman–Crippen LogP) is 13.7. The summed E-state index contributed by atoms with van der Waals surface area (Å²) in [5, 5.41) is 8.29. The molecule has 9 aromatic carbocycles. The molecule has 10 rings (SSSR count). The molecule has 1 heterocycles. The molecule has 0 aliphatic rings. The topological polar surface area (TPSA) is 13.1 Å². The van der Waals surface area contributed by atoms with Crippen molar-refractivity contribution in [3.8, 4) is 44.5 Å². The standard InChI is InChI=1S/C48H30O/c1-3-14-31(15-4-1)34-28-35(32-16-5-2-6-17-32)30-36(29-34)45-38-20-9-11-22-40(38)46(41-23-12-10-21-39(41)45)42-24-13-25-44-47(42)43-27-26-33-18-7-8-19-37(33)48(43)49-44/h1-30H/i28D,29D,30D. The average Bonchev–Trinajstić information content (AvgIpc) is 3.58. The van der Waals surface area contributed by atoms with Crippen molar-refractivity contribution in [2.75, 3.05) is 0 Å². The van der Waals surface area contributed by atoms with Gasteiger partial charge >= 0.3 is 0 Å². The molecule has 0 saturated carbocycles. The van der Waals surface area contributed by atoms with Crippen LogP contribution in [0.3, 0.4) is 0 Å². The highest BCUT2D eigenvalue weighted by molar-refractivity contribution is 6.27. The van der Waals surface area contributed by atoms with Crippen molar-refractivity contribution in [1.29, 1.82) is 0 Å². The fourth-order valence-electron chi connectivity index (χ4n) is 7.54. The van der Waals surface area contributed by atoms with Crippen LogP contribution in [0, 0.1) is 0 Å². The summed E-state index contributed by atoms with van der Waals surface area (Å²) in [5.41, 5.74) is 7.81. The Hall–Kier alpha value is -6.44. The summed E-state index contributed by atoms with van der Waals surface area (Å²) in [6.07, 6.45) is 0. The number of benzene rings is 9. The van der Waals surface area contributed by atoms with Crippen LogP contribution in [0.25, 0.3) is 98.8 Å². The monoisotopic (exact) mass is 625 g/mol. The second-order valence-corrected chi connectivity index (χ2v) is 12.5. The van der Waals surface area contributed by atoms with Gasteiger partial charge in [-0.25, -0.2) is 0 Å². The van der Waals surface area contributed by atoms with Gasteiger partial charge in [0.15, 0.2) is 0 Å². The molecular formula is C48H30O. The zero-order valence-electron chi connectivity index (χ0n) is 29.5. The van der Waals surface area contributed by atoms with Crippen molar-refractivity contribution >= 4 is 54.3 Å². The first-order valence-electron chi connectivity index (χ1n) is 18.1. The van der Waals surface area contributed by atoms with Crippen LogP contribution < -0.4 is 0 Å². The van der Waals surface area contributed by atoms with E-state index < -0.39 is 0 Å². The molecule has 0 fully saturated rings. The Balaban J connectivity index is 1.36. The molecule has 1 heteroatoms. The highest BCUT2D eigenvalue weighted by Gasteiger charge is 2.21. The minimum atomic E-state index is 0.179. The van der Waals surface area contributed by atoms with Crippen molar-refractivity contribution in [1.82, 2.24) is 0 Å². The van der Waals surface area contributed by atoms with Gasteiger partial charge in [0.1, 0.15) is 11.2 Å². The second kappa shape index (κ2) is 11.1. The smallest absolute Gasteiger partial charge is 0.143 e. The Bertz CT molecular complexity index is 2910. The summed E-state index contributed by atoms with van der Waals surface area (Å²) in [6, 6.07) is 55.7. The quantitative estimate of drug-likeness (QED) is 0.177. The third-order valence-corrected chi connectivity index (χ3v) is 9.71. The molecule has 228 valence electrons. The number of fused-ring (bicyclic) bond motifs is 7. The van der Waals surface area contributed by atoms with Gasteiger partial charge in [-0.05, 0) is 102 Å². The molecule has 0 spiro atoms. The molecule has 1 nitrogen and oxygen atoms in total. The summed E-state index contributed by atoms with van der Waals surface area (Å²) in [7, 11) is 0. The molecule has 1 aromatic heterocycles. The van der Waals surface area contributed by atoms with Crippen molar-refractivity contribution in [2.24, 2.45) is 0 Å². The normalized spacial score (nSPS) is 12.5. The van der Waals surface area contributed by atoms with E-state index in [1.807, 2.05) is 78.9 Å². The Morgan fingerprint density at radius 1 is 0.347 bits per heavy atom. The average molecular weight is 626 g/mol. The largest absolute Gasteiger partial charge is 0.455 e. The highest BCUT2D eigenvalue weighted by atomic mass is 16.3. The first-order valence-corrected chi connectivity index (χ1v) is 16.6. The maximum absolute atomic E-state index is 9.82. The van der Waals surface area contributed by atoms with Crippen LogP contribution in [0.5, 0.6) is 0 Å². The molecule has 0 radical (unpaired) electrons. The Morgan fingerprint density at radius 3 is 1.47 bits per heavy atom. The van der Waals surface area contributed by atoms with Gasteiger partial charge in [-0.1, -0.05) is 152 Å². The number of rotatable bonds is 4. The van der Waals surface area contributed by atoms with Crippen molar-refractivity contribution in [3.05, 3.63) is 182 Å². The Kier molecular flexibility index (Phi) is 5.58. The van der Waals surface area contributed by atoms with E-state index in [0.717, 1.165) is 82.1 Å². The van der Waals surface area contributed by atoms with Crippen LogP contribution in [-0.4, -0.2) is 0 Å². The van der Waals surface area contributed by atoms with Gasteiger partial charge in [-0.15, -0.1) is 0 Å². The molecule has 0 aliphatic carbocycles. The number of hydrogen-bond donors (Lipinski definition) is 0. The van der Waals surface area contributed by atoms with Crippen molar-refractivity contribution in [2.45, 2.75) is 0 Å². The lowest BCUT2D eigenvalue weighted by atomic mass is 9.83. The van der Waals surface area contributed by atoms with Gasteiger partial charge in [0.25, 0.3) is 0 Å². The van der Waals surface area contributed by atoms with E-state index in [9.17, 15) is 4.11 Å². The van der Waals surface area contributed by atoms with E-state index in [1.165, 1.54) is 0 Å². The Morgan fingerprint density at radius 2 is 0.857 bits per heavy atom. The van der Waals surface area contributed by atoms with Gasteiger partial charge in [-0.2, -0.15) is 0 Å². The fourth-order valence-corrected chi connectivity index (χ4v) is 7.54. The van der Waals surface area contributed by atoms with Crippen LogP contribution in [-0.2, 0) is 0 Å². The molecule has 10 aromatic rings. The zero-order valence-corrected chi connectivity index (χ0v) is 26.5. The molecular weight excluding hydrogens is 593 g/mol. The minimum Gasteiger partial charge on any atom is -0.455 e. The van der Waals surface area contributed by atoms with E-state index >= 15 is 0 Å². The number of furan rings is 1. The lowest BCUT2D eigenvalue weighted by Gasteiger charge is -2.19. The Labute approximate surface area is 288 Å². The third-order valence-electron chi connectivity index (χ3n) is 9.71. The van der Waals surface area contributed by atoms with Gasteiger partial charge in [-0.3, -0.25) is 0 Å². The summed E-state index contributed by atoms with van der Waals surface area (Å²) in [6.45, 7) is 0. The van der Waals surface area contributed by atoms with E-state index in [2.05, 4.69) is 84.9 Å². The SMILES string of the molecule is [2H]c1c(-c2ccccc2)c([2H])c(-c2c3ccccc3c(-c3cccc4oc5c6ccccc6ccc5c34)c3ccccc23)c([2H])c1-c1ccccc1. The lowest BCUT2D eigenvalue weighted by Crippen LogP contribution is -1.92. The number of hydrogen-bond acceptors (Lipinski definition) is 1. The molecule has 0 aliphatic heterocycles. The van der Waals surface area contributed by atoms with Crippen molar-refractivity contribution < 1.29 is 8.53 Å². The van der Waals surface area contributed by atoms with Crippen LogP contribution in [0.1, 0.15) is 4.11 Å². The highest BCUT2D eigenvalue weighted by Crippen LogP contribution is 2.48. The van der Waals surface area contributed by atoms with E-state index in [0.29, 0.717) is 16.7 Å². The second-order valence-electron chi connectivity index (χ2n) is 12.5. The summed E-state index contributed by atoms with van der Waals surface area (Å²) in [5.74, 6) is 0. The molecule has 0 unspecified atom stereocenters.